The summed E-state index contributed by atoms with van der Waals surface area (Å²) in [5.41, 5.74) is 0. The van der Waals surface area contributed by atoms with E-state index in [0.29, 0.717) is 0 Å². The standard InChI is InChI=1S/C13H21N3OS/c1-2-3-4-12(17)11-15-6-8-16(9-7-15)13-14-5-10-18-13/h2,5,10,12,17H,1,3-4,6-9,11H2. The van der Waals surface area contributed by atoms with Crippen LogP contribution in [0.2, 0.25) is 0 Å². The topological polar surface area (TPSA) is 39.6 Å². The van der Waals surface area contributed by atoms with Crippen LogP contribution < -0.4 is 4.90 Å². The minimum absolute atomic E-state index is 0.227. The van der Waals surface area contributed by atoms with E-state index in [1.54, 1.807) is 11.3 Å². The number of allylic oxidation sites excluding steroid dienone is 1. The molecule has 1 aromatic heterocycles. The van der Waals surface area contributed by atoms with Crippen LogP contribution in [0.3, 0.4) is 0 Å². The molecule has 4 nitrogen and oxygen atoms in total. The Kier molecular flexibility index (Phi) is 5.16. The number of hydrogen-bond donors (Lipinski definition) is 1. The van der Waals surface area contributed by atoms with E-state index in [1.807, 2.05) is 17.7 Å². The Morgan fingerprint density at radius 3 is 2.83 bits per heavy atom. The van der Waals surface area contributed by atoms with Crippen molar-refractivity contribution in [2.75, 3.05) is 37.6 Å². The molecule has 2 rings (SSSR count). The van der Waals surface area contributed by atoms with E-state index in [1.165, 1.54) is 0 Å². The van der Waals surface area contributed by atoms with Crippen molar-refractivity contribution in [2.24, 2.45) is 0 Å². The maximum Gasteiger partial charge on any atom is 0.185 e. The molecule has 1 aliphatic heterocycles. The zero-order valence-electron chi connectivity index (χ0n) is 10.7. The summed E-state index contributed by atoms with van der Waals surface area (Å²) in [6.45, 7) is 8.47. The summed E-state index contributed by atoms with van der Waals surface area (Å²) >= 11 is 1.69. The molecule has 1 N–H and O–H groups in total. The molecule has 0 aromatic carbocycles. The molecule has 1 fully saturated rings. The summed E-state index contributed by atoms with van der Waals surface area (Å²) < 4.78 is 0. The lowest BCUT2D eigenvalue weighted by molar-refractivity contribution is 0.103. The molecule has 0 radical (unpaired) electrons. The van der Waals surface area contributed by atoms with Crippen LogP contribution in [0, 0.1) is 0 Å². The Morgan fingerprint density at radius 2 is 2.22 bits per heavy atom. The molecule has 2 heterocycles. The highest BCUT2D eigenvalue weighted by molar-refractivity contribution is 7.13. The van der Waals surface area contributed by atoms with Crippen molar-refractivity contribution < 1.29 is 5.11 Å². The second kappa shape index (κ2) is 6.87. The Bertz CT molecular complexity index is 347. The van der Waals surface area contributed by atoms with Gasteiger partial charge in [-0.25, -0.2) is 4.98 Å². The number of aliphatic hydroxyl groups is 1. The third-order valence-corrected chi connectivity index (χ3v) is 4.07. The van der Waals surface area contributed by atoms with E-state index in [4.69, 9.17) is 0 Å². The molecule has 1 saturated heterocycles. The molecular weight excluding hydrogens is 246 g/mol. The highest BCUT2D eigenvalue weighted by Gasteiger charge is 2.20. The van der Waals surface area contributed by atoms with Gasteiger partial charge in [-0.3, -0.25) is 4.90 Å². The fraction of sp³-hybridized carbons (Fsp3) is 0.615. The predicted octanol–water partition coefficient (Wildman–Crippen LogP) is 1.59. The molecule has 18 heavy (non-hydrogen) atoms. The first-order valence-electron chi connectivity index (χ1n) is 6.45. The molecule has 0 saturated carbocycles. The van der Waals surface area contributed by atoms with Gasteiger partial charge in [0.2, 0.25) is 0 Å². The summed E-state index contributed by atoms with van der Waals surface area (Å²) in [7, 11) is 0. The Labute approximate surface area is 113 Å². The van der Waals surface area contributed by atoms with Gasteiger partial charge in [-0.05, 0) is 12.8 Å². The summed E-state index contributed by atoms with van der Waals surface area (Å²) in [4.78, 5) is 8.98. The van der Waals surface area contributed by atoms with Crippen molar-refractivity contribution >= 4 is 16.5 Å². The lowest BCUT2D eigenvalue weighted by atomic mass is 10.2. The second-order valence-electron chi connectivity index (χ2n) is 4.62. The molecule has 1 unspecified atom stereocenters. The first-order chi connectivity index (χ1) is 8.79. The lowest BCUT2D eigenvalue weighted by Crippen LogP contribution is -2.48. The average Bonchev–Trinajstić information content (AvgIpc) is 2.91. The van der Waals surface area contributed by atoms with Crippen LogP contribution >= 0.6 is 11.3 Å². The summed E-state index contributed by atoms with van der Waals surface area (Å²) in [6, 6.07) is 0. The van der Waals surface area contributed by atoms with Crippen LogP contribution in [0.4, 0.5) is 5.13 Å². The van der Waals surface area contributed by atoms with Crippen molar-refractivity contribution in [3.05, 3.63) is 24.2 Å². The van der Waals surface area contributed by atoms with E-state index in [9.17, 15) is 5.11 Å². The molecule has 1 aromatic rings. The number of piperazine rings is 1. The van der Waals surface area contributed by atoms with Gasteiger partial charge >= 0.3 is 0 Å². The van der Waals surface area contributed by atoms with E-state index >= 15 is 0 Å². The van der Waals surface area contributed by atoms with E-state index < -0.39 is 0 Å². The minimum atomic E-state index is -0.227. The van der Waals surface area contributed by atoms with Gasteiger partial charge in [0.15, 0.2) is 5.13 Å². The maximum atomic E-state index is 9.87. The zero-order valence-corrected chi connectivity index (χ0v) is 11.5. The molecule has 0 amide bonds. The van der Waals surface area contributed by atoms with E-state index in [-0.39, 0.29) is 6.10 Å². The van der Waals surface area contributed by atoms with Gasteiger partial charge in [0.05, 0.1) is 6.10 Å². The van der Waals surface area contributed by atoms with Gasteiger partial charge in [0, 0.05) is 44.3 Å². The lowest BCUT2D eigenvalue weighted by Gasteiger charge is -2.35. The number of aliphatic hydroxyl groups excluding tert-OH is 1. The molecule has 0 aliphatic carbocycles. The number of β-amino-alcohol motifs (C(OH)–C–C–N with tert-alkyl or cyclic N) is 1. The number of anilines is 1. The van der Waals surface area contributed by atoms with Gasteiger partial charge in [0.25, 0.3) is 0 Å². The van der Waals surface area contributed by atoms with E-state index in [0.717, 1.165) is 50.7 Å². The highest BCUT2D eigenvalue weighted by atomic mass is 32.1. The Balaban J connectivity index is 1.71. The number of nitrogens with zero attached hydrogens (tertiary/aromatic N) is 3. The van der Waals surface area contributed by atoms with Crippen LogP contribution in [-0.2, 0) is 0 Å². The molecule has 100 valence electrons. The molecule has 1 aliphatic rings. The van der Waals surface area contributed by atoms with Gasteiger partial charge < -0.3 is 10.0 Å². The van der Waals surface area contributed by atoms with Gasteiger partial charge in [-0.1, -0.05) is 6.08 Å². The smallest absolute Gasteiger partial charge is 0.185 e. The number of hydrogen-bond acceptors (Lipinski definition) is 5. The Hall–Kier alpha value is -0.910. The minimum Gasteiger partial charge on any atom is -0.392 e. The van der Waals surface area contributed by atoms with Crippen molar-refractivity contribution in [2.45, 2.75) is 18.9 Å². The number of rotatable bonds is 6. The molecule has 0 spiro atoms. The van der Waals surface area contributed by atoms with Crippen LogP contribution in [0.15, 0.2) is 24.2 Å². The molecule has 5 heteroatoms. The quantitative estimate of drug-likeness (QED) is 0.795. The first-order valence-corrected chi connectivity index (χ1v) is 7.33. The number of thiazole rings is 1. The second-order valence-corrected chi connectivity index (χ2v) is 5.50. The monoisotopic (exact) mass is 267 g/mol. The van der Waals surface area contributed by atoms with E-state index in [2.05, 4.69) is 21.4 Å². The van der Waals surface area contributed by atoms with Crippen LogP contribution in [0.25, 0.3) is 0 Å². The SMILES string of the molecule is C=CCCC(O)CN1CCN(c2nccs2)CC1. The summed E-state index contributed by atoms with van der Waals surface area (Å²) in [6.07, 6.45) is 5.19. The fourth-order valence-electron chi connectivity index (χ4n) is 2.19. The Morgan fingerprint density at radius 1 is 1.44 bits per heavy atom. The molecule has 0 bridgehead atoms. The van der Waals surface area contributed by atoms with Crippen molar-refractivity contribution in [1.29, 1.82) is 0 Å². The third kappa shape index (κ3) is 3.80. The van der Waals surface area contributed by atoms with Crippen LogP contribution in [0.1, 0.15) is 12.8 Å². The van der Waals surface area contributed by atoms with Gasteiger partial charge in [-0.15, -0.1) is 17.9 Å². The van der Waals surface area contributed by atoms with Gasteiger partial charge in [-0.2, -0.15) is 0 Å². The normalized spacial score (nSPS) is 18.8. The highest BCUT2D eigenvalue weighted by Crippen LogP contribution is 2.19. The van der Waals surface area contributed by atoms with Crippen molar-refractivity contribution in [1.82, 2.24) is 9.88 Å². The molecular formula is C13H21N3OS. The molecule has 1 atom stereocenters. The zero-order chi connectivity index (χ0) is 12.8. The predicted molar refractivity (Wildman–Crippen MR) is 76.2 cm³/mol. The summed E-state index contributed by atoms with van der Waals surface area (Å²) in [5, 5.41) is 13.0. The first kappa shape index (κ1) is 13.5. The van der Waals surface area contributed by atoms with Crippen molar-refractivity contribution in [3.63, 3.8) is 0 Å². The maximum absolute atomic E-state index is 9.87. The third-order valence-electron chi connectivity index (χ3n) is 3.24. The fourth-order valence-corrected chi connectivity index (χ4v) is 2.89. The summed E-state index contributed by atoms with van der Waals surface area (Å²) in [5.74, 6) is 0. The van der Waals surface area contributed by atoms with Gasteiger partial charge in [0.1, 0.15) is 0 Å². The van der Waals surface area contributed by atoms with Crippen molar-refractivity contribution in [3.8, 4) is 0 Å². The van der Waals surface area contributed by atoms with Crippen LogP contribution in [0.5, 0.6) is 0 Å². The largest absolute Gasteiger partial charge is 0.392 e. The number of aromatic nitrogens is 1. The average molecular weight is 267 g/mol. The van der Waals surface area contributed by atoms with Crippen LogP contribution in [-0.4, -0.2) is 53.8 Å².